The van der Waals surface area contributed by atoms with E-state index in [1.54, 1.807) is 43.4 Å². The highest BCUT2D eigenvalue weighted by Gasteiger charge is 2.37. The van der Waals surface area contributed by atoms with E-state index in [0.717, 1.165) is 5.82 Å². The van der Waals surface area contributed by atoms with Crippen LogP contribution in [0.4, 0.5) is 11.5 Å². The summed E-state index contributed by atoms with van der Waals surface area (Å²) in [6.45, 7) is 7.33. The Kier molecular flexibility index (Phi) is 3.93. The summed E-state index contributed by atoms with van der Waals surface area (Å²) in [5.74, 6) is 0.736. The number of piperazine rings is 1. The van der Waals surface area contributed by atoms with Crippen molar-refractivity contribution in [1.82, 2.24) is 9.29 Å². The van der Waals surface area contributed by atoms with Crippen LogP contribution >= 0.6 is 0 Å². The molecule has 1 aromatic heterocycles. The van der Waals surface area contributed by atoms with Gasteiger partial charge in [-0.05, 0) is 32.9 Å². The summed E-state index contributed by atoms with van der Waals surface area (Å²) < 4.78 is 25.6. The first-order valence-electron chi connectivity index (χ1n) is 6.68. The quantitative estimate of drug-likeness (QED) is 0.878. The molecule has 1 aliphatic heterocycles. The third-order valence-corrected chi connectivity index (χ3v) is 6.06. The molecule has 6 nitrogen and oxygen atoms in total. The molecule has 2 rings (SSSR count). The average molecular weight is 298 g/mol. The Morgan fingerprint density at radius 1 is 1.20 bits per heavy atom. The number of hydrogen-bond donors (Lipinski definition) is 1. The summed E-state index contributed by atoms with van der Waals surface area (Å²) >= 11 is 0. The minimum absolute atomic E-state index is 0.468. The molecule has 2 heterocycles. The topological polar surface area (TPSA) is 79.5 Å². The second-order valence-electron chi connectivity index (χ2n) is 5.92. The molecule has 0 spiro atoms. The number of aromatic nitrogens is 1. The molecule has 0 saturated carbocycles. The standard InChI is InChI=1S/C13H22N4O2S/c1-13(2,3)20(18,19)17-9-7-16(8-10-17)12-11(14)5-4-6-15-12/h4-6H,7-10,14H2,1-3H3. The van der Waals surface area contributed by atoms with E-state index in [0.29, 0.717) is 31.9 Å². The zero-order chi connectivity index (χ0) is 15.0. The van der Waals surface area contributed by atoms with E-state index >= 15 is 0 Å². The Morgan fingerprint density at radius 3 is 2.30 bits per heavy atom. The Morgan fingerprint density at radius 2 is 1.80 bits per heavy atom. The number of nitrogen functional groups attached to an aromatic ring is 1. The van der Waals surface area contributed by atoms with E-state index < -0.39 is 14.8 Å². The first kappa shape index (κ1) is 15.1. The van der Waals surface area contributed by atoms with Crippen LogP contribution in [-0.4, -0.2) is 48.6 Å². The van der Waals surface area contributed by atoms with Gasteiger partial charge in [-0.25, -0.2) is 13.4 Å². The molecule has 0 aliphatic carbocycles. The van der Waals surface area contributed by atoms with Gasteiger partial charge in [0, 0.05) is 32.4 Å². The van der Waals surface area contributed by atoms with Gasteiger partial charge in [0.25, 0.3) is 0 Å². The summed E-state index contributed by atoms with van der Waals surface area (Å²) in [6.07, 6.45) is 1.70. The van der Waals surface area contributed by atoms with Gasteiger partial charge in [-0.3, -0.25) is 0 Å². The van der Waals surface area contributed by atoms with E-state index in [9.17, 15) is 8.42 Å². The zero-order valence-electron chi connectivity index (χ0n) is 12.2. The molecule has 0 atom stereocenters. The van der Waals surface area contributed by atoms with Crippen LogP contribution in [0.3, 0.4) is 0 Å². The largest absolute Gasteiger partial charge is 0.396 e. The number of hydrogen-bond acceptors (Lipinski definition) is 5. The second kappa shape index (κ2) is 5.21. The normalized spacial score (nSPS) is 18.2. The van der Waals surface area contributed by atoms with Crippen LogP contribution in [0.25, 0.3) is 0 Å². The lowest BCUT2D eigenvalue weighted by molar-refractivity contribution is 0.371. The molecule has 7 heteroatoms. The van der Waals surface area contributed by atoms with Crippen LogP contribution < -0.4 is 10.6 Å². The number of pyridine rings is 1. The third-order valence-electron chi connectivity index (χ3n) is 3.47. The lowest BCUT2D eigenvalue weighted by atomic mass is 10.3. The van der Waals surface area contributed by atoms with Gasteiger partial charge >= 0.3 is 0 Å². The van der Waals surface area contributed by atoms with Crippen LogP contribution in [0, 0.1) is 0 Å². The highest BCUT2D eigenvalue weighted by Crippen LogP contribution is 2.25. The predicted octanol–water partition coefficient (Wildman–Crippen LogP) is 0.914. The Balaban J connectivity index is 2.09. The second-order valence-corrected chi connectivity index (χ2v) is 8.61. The third kappa shape index (κ3) is 2.73. The molecule has 0 unspecified atom stereocenters. The smallest absolute Gasteiger partial charge is 0.219 e. The van der Waals surface area contributed by atoms with Gasteiger partial charge in [-0.15, -0.1) is 0 Å². The fraction of sp³-hybridized carbons (Fsp3) is 0.615. The maximum Gasteiger partial charge on any atom is 0.219 e. The average Bonchev–Trinajstić information content (AvgIpc) is 2.38. The van der Waals surface area contributed by atoms with Crippen LogP contribution in [0.5, 0.6) is 0 Å². The van der Waals surface area contributed by atoms with E-state index in [1.807, 2.05) is 4.90 Å². The van der Waals surface area contributed by atoms with Gasteiger partial charge in [-0.2, -0.15) is 4.31 Å². The summed E-state index contributed by atoms with van der Waals surface area (Å²) in [4.78, 5) is 6.30. The SMILES string of the molecule is CC(C)(C)S(=O)(=O)N1CCN(c2ncccc2N)CC1. The fourth-order valence-corrected chi connectivity index (χ4v) is 3.62. The van der Waals surface area contributed by atoms with Gasteiger partial charge in [0.2, 0.25) is 10.0 Å². The van der Waals surface area contributed by atoms with Crippen molar-refractivity contribution in [3.63, 3.8) is 0 Å². The highest BCUT2D eigenvalue weighted by molar-refractivity contribution is 7.90. The van der Waals surface area contributed by atoms with Crippen LogP contribution in [0.2, 0.25) is 0 Å². The van der Waals surface area contributed by atoms with Crippen molar-refractivity contribution in [1.29, 1.82) is 0 Å². The monoisotopic (exact) mass is 298 g/mol. The molecule has 0 radical (unpaired) electrons. The predicted molar refractivity (Wildman–Crippen MR) is 81.1 cm³/mol. The molecule has 1 aliphatic rings. The molecule has 1 aromatic rings. The fourth-order valence-electron chi connectivity index (χ4n) is 2.20. The lowest BCUT2D eigenvalue weighted by Gasteiger charge is -2.38. The molecular formula is C13H22N4O2S. The molecule has 20 heavy (non-hydrogen) atoms. The van der Waals surface area contributed by atoms with Crippen molar-refractivity contribution in [2.24, 2.45) is 0 Å². The number of rotatable bonds is 2. The minimum Gasteiger partial charge on any atom is -0.396 e. The minimum atomic E-state index is -3.26. The maximum atomic E-state index is 12.4. The van der Waals surface area contributed by atoms with E-state index in [2.05, 4.69) is 4.98 Å². The van der Waals surface area contributed by atoms with E-state index in [-0.39, 0.29) is 0 Å². The number of nitrogens with zero attached hydrogens (tertiary/aromatic N) is 3. The molecular weight excluding hydrogens is 276 g/mol. The molecule has 0 aromatic carbocycles. The first-order chi connectivity index (χ1) is 9.23. The number of sulfonamides is 1. The van der Waals surface area contributed by atoms with Crippen molar-refractivity contribution in [2.75, 3.05) is 36.8 Å². The van der Waals surface area contributed by atoms with Crippen molar-refractivity contribution >= 4 is 21.5 Å². The van der Waals surface area contributed by atoms with Gasteiger partial charge < -0.3 is 10.6 Å². The summed E-state index contributed by atoms with van der Waals surface area (Å²) in [5, 5.41) is 0. The molecule has 0 bridgehead atoms. The van der Waals surface area contributed by atoms with E-state index in [4.69, 9.17) is 5.73 Å². The Hall–Kier alpha value is -1.34. The molecule has 112 valence electrons. The zero-order valence-corrected chi connectivity index (χ0v) is 13.0. The summed E-state index contributed by atoms with van der Waals surface area (Å²) in [5.41, 5.74) is 6.53. The van der Waals surface area contributed by atoms with Gasteiger partial charge in [-0.1, -0.05) is 0 Å². The van der Waals surface area contributed by atoms with Crippen LogP contribution in [0.15, 0.2) is 18.3 Å². The van der Waals surface area contributed by atoms with Crippen molar-refractivity contribution in [2.45, 2.75) is 25.5 Å². The van der Waals surface area contributed by atoms with E-state index in [1.165, 1.54) is 0 Å². The number of anilines is 2. The molecule has 1 fully saturated rings. The van der Waals surface area contributed by atoms with Crippen molar-refractivity contribution in [3.05, 3.63) is 18.3 Å². The van der Waals surface area contributed by atoms with Crippen molar-refractivity contribution in [3.8, 4) is 0 Å². The van der Waals surface area contributed by atoms with Crippen LogP contribution in [0.1, 0.15) is 20.8 Å². The summed E-state index contributed by atoms with van der Waals surface area (Å²) in [7, 11) is -3.26. The van der Waals surface area contributed by atoms with Crippen molar-refractivity contribution < 1.29 is 8.42 Å². The molecule has 0 amide bonds. The van der Waals surface area contributed by atoms with Gasteiger partial charge in [0.1, 0.15) is 0 Å². The lowest BCUT2D eigenvalue weighted by Crippen LogP contribution is -2.53. The Labute approximate surface area is 120 Å². The molecule has 2 N–H and O–H groups in total. The summed E-state index contributed by atoms with van der Waals surface area (Å²) in [6, 6.07) is 3.60. The van der Waals surface area contributed by atoms with Gasteiger partial charge in [0.05, 0.1) is 10.4 Å². The number of nitrogens with two attached hydrogens (primary N) is 1. The first-order valence-corrected chi connectivity index (χ1v) is 8.12. The maximum absolute atomic E-state index is 12.4. The highest BCUT2D eigenvalue weighted by atomic mass is 32.2. The van der Waals surface area contributed by atoms with Gasteiger partial charge in [0.15, 0.2) is 5.82 Å². The van der Waals surface area contributed by atoms with Crippen LogP contribution in [-0.2, 0) is 10.0 Å². The Bertz CT molecular complexity index is 572. The molecule has 1 saturated heterocycles.